The largest absolute Gasteiger partial charge is 0.339 e. The number of rotatable bonds is 4. The van der Waals surface area contributed by atoms with Gasteiger partial charge < -0.3 is 9.80 Å². The molecule has 2 heterocycles. The second-order valence-electron chi connectivity index (χ2n) is 7.45. The predicted molar refractivity (Wildman–Crippen MR) is 105 cm³/mol. The maximum Gasteiger partial charge on any atom is 0.261 e. The lowest BCUT2D eigenvalue weighted by Gasteiger charge is -2.35. The Hall–Kier alpha value is -3.69. The van der Waals surface area contributed by atoms with Crippen LogP contribution in [0.25, 0.3) is 0 Å². The van der Waals surface area contributed by atoms with Crippen LogP contribution in [0.1, 0.15) is 37.5 Å². The minimum absolute atomic E-state index is 0.0651. The summed E-state index contributed by atoms with van der Waals surface area (Å²) in [6.07, 6.45) is -0.0722. The fourth-order valence-corrected chi connectivity index (χ4v) is 3.83. The molecule has 10 heteroatoms. The summed E-state index contributed by atoms with van der Waals surface area (Å²) < 4.78 is 40.4. The third-order valence-electron chi connectivity index (χ3n) is 5.61. The Kier molecular flexibility index (Phi) is 5.68. The Labute approximate surface area is 181 Å². The molecule has 0 N–H and O–H groups in total. The molecule has 0 aromatic heterocycles. The van der Waals surface area contributed by atoms with Gasteiger partial charge in [-0.15, -0.1) is 0 Å². The normalized spacial score (nSPS) is 15.9. The van der Waals surface area contributed by atoms with E-state index in [1.54, 1.807) is 24.3 Å². The number of amides is 4. The number of hydrogen-bond donors (Lipinski definition) is 0. The third-order valence-corrected chi connectivity index (χ3v) is 5.61. The lowest BCUT2D eigenvalue weighted by Crippen LogP contribution is -2.51. The summed E-state index contributed by atoms with van der Waals surface area (Å²) in [6, 6.07) is 8.00. The molecule has 2 aliphatic heterocycles. The van der Waals surface area contributed by atoms with Crippen molar-refractivity contribution >= 4 is 23.6 Å². The van der Waals surface area contributed by atoms with Crippen LogP contribution in [0.4, 0.5) is 13.2 Å². The van der Waals surface area contributed by atoms with E-state index in [2.05, 4.69) is 0 Å². The number of hydrogen-bond acceptors (Lipinski definition) is 4. The molecule has 2 aromatic rings. The van der Waals surface area contributed by atoms with Crippen molar-refractivity contribution in [3.63, 3.8) is 0 Å². The summed E-state index contributed by atoms with van der Waals surface area (Å²) in [5, 5.41) is 0. The minimum Gasteiger partial charge on any atom is -0.339 e. The lowest BCUT2D eigenvalue weighted by atomic mass is 10.1. The van der Waals surface area contributed by atoms with Gasteiger partial charge in [0.25, 0.3) is 17.7 Å². The quantitative estimate of drug-likeness (QED) is 0.533. The molecule has 7 nitrogen and oxygen atoms in total. The summed E-state index contributed by atoms with van der Waals surface area (Å²) in [4.78, 5) is 53.5. The first-order valence-corrected chi connectivity index (χ1v) is 9.95. The van der Waals surface area contributed by atoms with Crippen LogP contribution in [-0.4, -0.2) is 71.1 Å². The van der Waals surface area contributed by atoms with E-state index in [1.165, 1.54) is 9.80 Å². The number of fused-ring (bicyclic) bond motifs is 1. The second-order valence-corrected chi connectivity index (χ2v) is 7.45. The molecule has 0 bridgehead atoms. The molecule has 2 aliphatic rings. The molecule has 166 valence electrons. The van der Waals surface area contributed by atoms with Crippen LogP contribution < -0.4 is 0 Å². The molecule has 0 unspecified atom stereocenters. The van der Waals surface area contributed by atoms with Gasteiger partial charge in [0.15, 0.2) is 17.5 Å². The Morgan fingerprint density at radius 2 is 1.34 bits per heavy atom. The number of carbonyl (C=O) groups excluding carboxylic acids is 4. The summed E-state index contributed by atoms with van der Waals surface area (Å²) in [5.74, 6) is -6.61. The fourth-order valence-electron chi connectivity index (χ4n) is 3.83. The number of halogens is 3. The zero-order chi connectivity index (χ0) is 23.0. The van der Waals surface area contributed by atoms with E-state index >= 15 is 0 Å². The smallest absolute Gasteiger partial charge is 0.261 e. The Bertz CT molecular complexity index is 1090. The van der Waals surface area contributed by atoms with Crippen molar-refractivity contribution in [2.45, 2.75) is 6.42 Å². The lowest BCUT2D eigenvalue weighted by molar-refractivity contribution is -0.132. The molecular weight excluding hydrogens is 427 g/mol. The standard InChI is InChI=1S/C22H18F3N3O4/c23-16-6-5-15(18(24)19(16)25)20(30)27-11-9-26(10-12-27)17(29)7-8-28-21(31)13-3-1-2-4-14(13)22(28)32/h1-6H,7-12H2. The first-order valence-electron chi connectivity index (χ1n) is 9.95. The highest BCUT2D eigenvalue weighted by Crippen LogP contribution is 2.23. The van der Waals surface area contributed by atoms with Gasteiger partial charge >= 0.3 is 0 Å². The van der Waals surface area contributed by atoms with E-state index in [1.807, 2.05) is 0 Å². The molecule has 0 spiro atoms. The predicted octanol–water partition coefficient (Wildman–Crippen LogP) is 2.07. The summed E-state index contributed by atoms with van der Waals surface area (Å²) in [7, 11) is 0. The Morgan fingerprint density at radius 3 is 1.94 bits per heavy atom. The van der Waals surface area contributed by atoms with Crippen LogP contribution in [0.15, 0.2) is 36.4 Å². The van der Waals surface area contributed by atoms with Gasteiger partial charge in [0, 0.05) is 39.1 Å². The Morgan fingerprint density at radius 1 is 0.781 bits per heavy atom. The molecule has 1 fully saturated rings. The monoisotopic (exact) mass is 445 g/mol. The van der Waals surface area contributed by atoms with E-state index < -0.39 is 40.7 Å². The van der Waals surface area contributed by atoms with Crippen molar-refractivity contribution < 1.29 is 32.3 Å². The summed E-state index contributed by atoms with van der Waals surface area (Å²) >= 11 is 0. The van der Waals surface area contributed by atoms with E-state index in [9.17, 15) is 32.3 Å². The topological polar surface area (TPSA) is 78.0 Å². The van der Waals surface area contributed by atoms with Gasteiger partial charge in [-0.1, -0.05) is 12.1 Å². The number of benzene rings is 2. The maximum absolute atomic E-state index is 13.9. The van der Waals surface area contributed by atoms with E-state index in [0.29, 0.717) is 17.2 Å². The van der Waals surface area contributed by atoms with E-state index in [0.717, 1.165) is 11.0 Å². The SMILES string of the molecule is O=C(CCN1C(=O)c2ccccc2C1=O)N1CCN(C(=O)c2ccc(F)c(F)c2F)CC1. The number of piperazine rings is 1. The molecule has 4 amide bonds. The van der Waals surface area contributed by atoms with E-state index in [-0.39, 0.29) is 45.1 Å². The van der Waals surface area contributed by atoms with E-state index in [4.69, 9.17) is 0 Å². The number of carbonyl (C=O) groups is 4. The summed E-state index contributed by atoms with van der Waals surface area (Å²) in [6.45, 7) is 0.395. The van der Waals surface area contributed by atoms with Crippen LogP contribution in [0.2, 0.25) is 0 Å². The molecule has 2 aromatic carbocycles. The third kappa shape index (κ3) is 3.72. The second kappa shape index (κ2) is 8.45. The highest BCUT2D eigenvalue weighted by Gasteiger charge is 2.35. The minimum atomic E-state index is -1.71. The average Bonchev–Trinajstić information content (AvgIpc) is 3.05. The van der Waals surface area contributed by atoms with Crippen molar-refractivity contribution in [1.82, 2.24) is 14.7 Å². The highest BCUT2D eigenvalue weighted by atomic mass is 19.2. The van der Waals surface area contributed by atoms with Crippen LogP contribution in [0.3, 0.4) is 0 Å². The van der Waals surface area contributed by atoms with Crippen LogP contribution in [0.5, 0.6) is 0 Å². The number of imide groups is 1. The zero-order valence-electron chi connectivity index (χ0n) is 16.8. The molecule has 0 atom stereocenters. The fraction of sp³-hybridized carbons (Fsp3) is 0.273. The van der Waals surface area contributed by atoms with Gasteiger partial charge in [-0.2, -0.15) is 0 Å². The van der Waals surface area contributed by atoms with Crippen molar-refractivity contribution in [2.75, 3.05) is 32.7 Å². The molecule has 0 aliphatic carbocycles. The van der Waals surface area contributed by atoms with Gasteiger partial charge in [-0.05, 0) is 24.3 Å². The maximum atomic E-state index is 13.9. The first-order chi connectivity index (χ1) is 15.3. The zero-order valence-corrected chi connectivity index (χ0v) is 16.8. The van der Waals surface area contributed by atoms with Gasteiger partial charge in [0.05, 0.1) is 16.7 Å². The molecule has 1 saturated heterocycles. The van der Waals surface area contributed by atoms with Gasteiger partial charge in [-0.3, -0.25) is 24.1 Å². The first kappa shape index (κ1) is 21.5. The van der Waals surface area contributed by atoms with Crippen molar-refractivity contribution in [3.05, 3.63) is 70.5 Å². The van der Waals surface area contributed by atoms with Crippen LogP contribution in [-0.2, 0) is 4.79 Å². The number of nitrogens with zero attached hydrogens (tertiary/aromatic N) is 3. The molecule has 4 rings (SSSR count). The van der Waals surface area contributed by atoms with Crippen LogP contribution >= 0.6 is 0 Å². The molecule has 0 saturated carbocycles. The van der Waals surface area contributed by atoms with Crippen LogP contribution in [0, 0.1) is 17.5 Å². The van der Waals surface area contributed by atoms with Crippen molar-refractivity contribution in [3.8, 4) is 0 Å². The van der Waals surface area contributed by atoms with Crippen molar-refractivity contribution in [1.29, 1.82) is 0 Å². The average molecular weight is 445 g/mol. The molecular formula is C22H18F3N3O4. The molecule has 0 radical (unpaired) electrons. The Balaban J connectivity index is 1.32. The van der Waals surface area contributed by atoms with Gasteiger partial charge in [0.2, 0.25) is 5.91 Å². The molecule has 32 heavy (non-hydrogen) atoms. The van der Waals surface area contributed by atoms with Crippen molar-refractivity contribution in [2.24, 2.45) is 0 Å². The van der Waals surface area contributed by atoms with Gasteiger partial charge in [0.1, 0.15) is 0 Å². The highest BCUT2D eigenvalue weighted by molar-refractivity contribution is 6.21. The summed E-state index contributed by atoms with van der Waals surface area (Å²) in [5.41, 5.74) is 0.0392. The van der Waals surface area contributed by atoms with Gasteiger partial charge in [-0.25, -0.2) is 13.2 Å².